The van der Waals surface area contributed by atoms with Crippen LogP contribution in [0.15, 0.2) is 21.5 Å². The van der Waals surface area contributed by atoms with Gasteiger partial charge >= 0.3 is 0 Å². The van der Waals surface area contributed by atoms with Gasteiger partial charge in [-0.25, -0.2) is 12.8 Å². The molecule has 1 fully saturated rings. The van der Waals surface area contributed by atoms with Gasteiger partial charge in [-0.05, 0) is 28.1 Å². The van der Waals surface area contributed by atoms with Gasteiger partial charge in [-0.3, -0.25) is 0 Å². The fourth-order valence-electron chi connectivity index (χ4n) is 2.23. The smallest absolute Gasteiger partial charge is 0.245 e. The van der Waals surface area contributed by atoms with E-state index in [1.165, 1.54) is 10.4 Å². The van der Waals surface area contributed by atoms with Gasteiger partial charge in [0.15, 0.2) is 0 Å². The van der Waals surface area contributed by atoms with Gasteiger partial charge in [0.1, 0.15) is 10.7 Å². The van der Waals surface area contributed by atoms with Crippen molar-refractivity contribution >= 4 is 43.4 Å². The third-order valence-electron chi connectivity index (χ3n) is 3.06. The molecule has 2 unspecified atom stereocenters. The molecule has 0 radical (unpaired) electrons. The van der Waals surface area contributed by atoms with Crippen molar-refractivity contribution in [2.75, 3.05) is 18.8 Å². The van der Waals surface area contributed by atoms with Crippen LogP contribution in [-0.4, -0.2) is 36.3 Å². The van der Waals surface area contributed by atoms with Crippen molar-refractivity contribution in [3.05, 3.63) is 22.4 Å². The minimum atomic E-state index is -3.70. The Morgan fingerprint density at radius 3 is 2.45 bits per heavy atom. The third-order valence-corrected chi connectivity index (χ3v) is 6.78. The van der Waals surface area contributed by atoms with Crippen LogP contribution in [0.2, 0.25) is 0 Å². The summed E-state index contributed by atoms with van der Waals surface area (Å²) < 4.78 is 40.2. The van der Waals surface area contributed by atoms with E-state index in [0.717, 1.165) is 6.07 Å². The average Bonchev–Trinajstić information content (AvgIpc) is 2.32. The van der Waals surface area contributed by atoms with Crippen molar-refractivity contribution in [1.29, 1.82) is 0 Å². The van der Waals surface area contributed by atoms with Gasteiger partial charge in [0.25, 0.3) is 0 Å². The maximum Gasteiger partial charge on any atom is 0.245 e. The predicted octanol–water partition coefficient (Wildman–Crippen LogP) is 2.68. The van der Waals surface area contributed by atoms with Gasteiger partial charge in [0, 0.05) is 23.6 Å². The van der Waals surface area contributed by atoms with Gasteiger partial charge in [-0.2, -0.15) is 16.1 Å². The normalized spacial score (nSPS) is 24.8. The van der Waals surface area contributed by atoms with E-state index >= 15 is 0 Å². The average molecular weight is 383 g/mol. The first-order valence-electron chi connectivity index (χ1n) is 6.12. The van der Waals surface area contributed by atoms with Crippen molar-refractivity contribution in [2.45, 2.75) is 29.2 Å². The quantitative estimate of drug-likeness (QED) is 0.798. The van der Waals surface area contributed by atoms with Crippen molar-refractivity contribution in [3.8, 4) is 0 Å². The minimum absolute atomic E-state index is 0.0444. The summed E-state index contributed by atoms with van der Waals surface area (Å²) in [4.78, 5) is -0.0444. The second kappa shape index (κ2) is 5.82. The van der Waals surface area contributed by atoms with Crippen LogP contribution >= 0.6 is 27.7 Å². The Morgan fingerprint density at radius 1 is 1.35 bits per heavy atom. The monoisotopic (exact) mass is 382 g/mol. The maximum atomic E-state index is 13.4. The van der Waals surface area contributed by atoms with Crippen molar-refractivity contribution in [3.63, 3.8) is 0 Å². The molecule has 1 aromatic rings. The lowest BCUT2D eigenvalue weighted by atomic mass is 10.3. The van der Waals surface area contributed by atoms with E-state index in [2.05, 4.69) is 15.9 Å². The van der Waals surface area contributed by atoms with Crippen LogP contribution in [0.1, 0.15) is 13.8 Å². The molecule has 2 rings (SSSR count). The highest BCUT2D eigenvalue weighted by Gasteiger charge is 2.33. The first-order chi connectivity index (χ1) is 9.21. The third kappa shape index (κ3) is 3.13. The molecule has 112 valence electrons. The molecule has 0 amide bonds. The highest BCUT2D eigenvalue weighted by atomic mass is 79.9. The lowest BCUT2D eigenvalue weighted by Crippen LogP contribution is -2.44. The summed E-state index contributed by atoms with van der Waals surface area (Å²) >= 11 is 4.76. The molecular weight excluding hydrogens is 367 g/mol. The summed E-state index contributed by atoms with van der Waals surface area (Å²) in [6.07, 6.45) is 0. The zero-order chi connectivity index (χ0) is 15.1. The number of thioether (sulfide) groups is 1. The Morgan fingerprint density at radius 2 is 1.90 bits per heavy atom. The second-order valence-corrected chi connectivity index (χ2v) is 9.53. The summed E-state index contributed by atoms with van der Waals surface area (Å²) in [6, 6.07) is 2.26. The highest BCUT2D eigenvalue weighted by Crippen LogP contribution is 2.32. The number of nitrogens with two attached hydrogens (primary N) is 1. The topological polar surface area (TPSA) is 63.4 Å². The Labute approximate surface area is 131 Å². The number of anilines is 1. The number of rotatable bonds is 2. The van der Waals surface area contributed by atoms with Crippen LogP contribution < -0.4 is 5.73 Å². The standard InChI is InChI=1S/C12H16BrFN2O2S2/c1-7-5-16(6-8(2)19-7)20(17,18)12-3-9(13)10(14)4-11(12)15/h3-4,7-8H,5-6,15H2,1-2H3. The molecule has 0 spiro atoms. The molecule has 8 heteroatoms. The Hall–Kier alpha value is -0.310. The minimum Gasteiger partial charge on any atom is -0.398 e. The molecule has 0 aliphatic carbocycles. The molecular formula is C12H16BrFN2O2S2. The molecule has 20 heavy (non-hydrogen) atoms. The first kappa shape index (κ1) is 16.1. The van der Waals surface area contributed by atoms with Gasteiger partial charge < -0.3 is 5.73 Å². The summed E-state index contributed by atoms with van der Waals surface area (Å²) in [5.74, 6) is -0.572. The van der Waals surface area contributed by atoms with Crippen LogP contribution in [0.3, 0.4) is 0 Å². The largest absolute Gasteiger partial charge is 0.398 e. The van der Waals surface area contributed by atoms with Crippen LogP contribution in [-0.2, 0) is 10.0 Å². The van der Waals surface area contributed by atoms with Crippen molar-refractivity contribution in [2.24, 2.45) is 0 Å². The number of sulfonamides is 1. The summed E-state index contributed by atoms with van der Waals surface area (Å²) in [6.45, 7) is 4.86. The summed E-state index contributed by atoms with van der Waals surface area (Å²) in [5.41, 5.74) is 5.61. The van der Waals surface area contributed by atoms with E-state index in [1.807, 2.05) is 13.8 Å². The fraction of sp³-hybridized carbons (Fsp3) is 0.500. The molecule has 0 saturated carbocycles. The van der Waals surface area contributed by atoms with E-state index in [9.17, 15) is 12.8 Å². The van der Waals surface area contributed by atoms with Crippen LogP contribution in [0, 0.1) is 5.82 Å². The number of hydrogen-bond donors (Lipinski definition) is 1. The van der Waals surface area contributed by atoms with Gasteiger partial charge in [0.2, 0.25) is 10.0 Å². The Balaban J connectivity index is 2.42. The van der Waals surface area contributed by atoms with Gasteiger partial charge in [-0.15, -0.1) is 0 Å². The maximum absolute atomic E-state index is 13.4. The van der Waals surface area contributed by atoms with Crippen LogP contribution in [0.25, 0.3) is 0 Å². The molecule has 0 aromatic heterocycles. The van der Waals surface area contributed by atoms with Crippen LogP contribution in [0.5, 0.6) is 0 Å². The first-order valence-corrected chi connectivity index (χ1v) is 9.29. The zero-order valence-corrected chi connectivity index (χ0v) is 14.4. The molecule has 2 atom stereocenters. The molecule has 1 saturated heterocycles. The van der Waals surface area contributed by atoms with Crippen LogP contribution in [0.4, 0.5) is 10.1 Å². The summed E-state index contributed by atoms with van der Waals surface area (Å²) in [7, 11) is -3.70. The van der Waals surface area contributed by atoms with E-state index in [0.29, 0.717) is 13.1 Å². The second-order valence-electron chi connectivity index (χ2n) is 4.88. The zero-order valence-electron chi connectivity index (χ0n) is 11.1. The molecule has 1 heterocycles. The number of hydrogen-bond acceptors (Lipinski definition) is 4. The molecule has 0 bridgehead atoms. The Bertz CT molecular complexity index is 614. The van der Waals surface area contributed by atoms with Gasteiger partial charge in [0.05, 0.1) is 10.2 Å². The van der Waals surface area contributed by atoms with Crippen molar-refractivity contribution in [1.82, 2.24) is 4.31 Å². The number of nitrogens with zero attached hydrogens (tertiary/aromatic N) is 1. The number of nitrogen functional groups attached to an aromatic ring is 1. The molecule has 1 aliphatic heterocycles. The molecule has 2 N–H and O–H groups in total. The van der Waals surface area contributed by atoms with E-state index in [4.69, 9.17) is 5.73 Å². The number of halogens is 2. The molecule has 1 aromatic carbocycles. The van der Waals surface area contributed by atoms with E-state index < -0.39 is 15.8 Å². The SMILES string of the molecule is CC1CN(S(=O)(=O)c2cc(Br)c(F)cc2N)CC(C)S1. The number of benzene rings is 1. The van der Waals surface area contributed by atoms with Gasteiger partial charge in [-0.1, -0.05) is 13.8 Å². The summed E-state index contributed by atoms with van der Waals surface area (Å²) in [5, 5.41) is 0.442. The lowest BCUT2D eigenvalue weighted by Gasteiger charge is -2.33. The Kier molecular flexibility index (Phi) is 4.68. The molecule has 4 nitrogen and oxygen atoms in total. The van der Waals surface area contributed by atoms with Crippen molar-refractivity contribution < 1.29 is 12.8 Å². The van der Waals surface area contributed by atoms with E-state index in [1.54, 1.807) is 11.8 Å². The highest BCUT2D eigenvalue weighted by molar-refractivity contribution is 9.10. The molecule has 1 aliphatic rings. The predicted molar refractivity (Wildman–Crippen MR) is 83.8 cm³/mol. The van der Waals surface area contributed by atoms with E-state index in [-0.39, 0.29) is 25.6 Å². The lowest BCUT2D eigenvalue weighted by molar-refractivity contribution is 0.405. The fourth-order valence-corrected chi connectivity index (χ4v) is 5.98.